The SMILES string of the molecule is O=C(/C=C/c1ccc2c(c1)C(=O)N(Cc1ccccc1)C2)NOC1CCCCO1. The van der Waals surface area contributed by atoms with Crippen molar-refractivity contribution in [2.24, 2.45) is 0 Å². The number of carbonyl (C=O) groups excluding carboxylic acids is 2. The Kier molecular flexibility index (Phi) is 6.03. The van der Waals surface area contributed by atoms with Crippen LogP contribution in [0.3, 0.4) is 0 Å². The fraction of sp³-hybridized carbons (Fsp3) is 0.304. The summed E-state index contributed by atoms with van der Waals surface area (Å²) in [5.41, 5.74) is 5.99. The number of hydrogen-bond acceptors (Lipinski definition) is 4. The smallest absolute Gasteiger partial charge is 0.267 e. The molecule has 2 aliphatic rings. The van der Waals surface area contributed by atoms with Crippen molar-refractivity contribution in [1.29, 1.82) is 0 Å². The molecule has 0 aliphatic carbocycles. The molecule has 4 rings (SSSR count). The fourth-order valence-electron chi connectivity index (χ4n) is 3.55. The Morgan fingerprint density at radius 2 is 2.07 bits per heavy atom. The zero-order valence-corrected chi connectivity index (χ0v) is 16.2. The molecule has 29 heavy (non-hydrogen) atoms. The summed E-state index contributed by atoms with van der Waals surface area (Å²) >= 11 is 0. The maximum Gasteiger partial charge on any atom is 0.267 e. The van der Waals surface area contributed by atoms with Crippen LogP contribution in [0.1, 0.15) is 46.3 Å². The molecule has 150 valence electrons. The van der Waals surface area contributed by atoms with Gasteiger partial charge in [0.15, 0.2) is 6.29 Å². The number of benzene rings is 2. The second kappa shape index (κ2) is 9.03. The molecule has 2 aromatic rings. The van der Waals surface area contributed by atoms with Crippen LogP contribution in [0.15, 0.2) is 54.6 Å². The van der Waals surface area contributed by atoms with E-state index in [2.05, 4.69) is 5.48 Å². The first kappa shape index (κ1) is 19.4. The zero-order valence-electron chi connectivity index (χ0n) is 16.2. The summed E-state index contributed by atoms with van der Waals surface area (Å²) < 4.78 is 5.40. The highest BCUT2D eigenvalue weighted by atomic mass is 16.8. The van der Waals surface area contributed by atoms with Gasteiger partial charge < -0.3 is 9.64 Å². The monoisotopic (exact) mass is 392 g/mol. The predicted octanol–water partition coefficient (Wildman–Crippen LogP) is 3.43. The van der Waals surface area contributed by atoms with Gasteiger partial charge in [0, 0.05) is 37.8 Å². The van der Waals surface area contributed by atoms with Crippen molar-refractivity contribution < 1.29 is 19.2 Å². The van der Waals surface area contributed by atoms with Crippen LogP contribution in [0.2, 0.25) is 0 Å². The summed E-state index contributed by atoms with van der Waals surface area (Å²) in [6.07, 6.45) is 5.51. The van der Waals surface area contributed by atoms with Gasteiger partial charge in [0.05, 0.1) is 0 Å². The third-order valence-electron chi connectivity index (χ3n) is 5.09. The van der Waals surface area contributed by atoms with Gasteiger partial charge in [0.1, 0.15) is 0 Å². The zero-order chi connectivity index (χ0) is 20.1. The topological polar surface area (TPSA) is 67.9 Å². The molecular formula is C23H24N2O4. The van der Waals surface area contributed by atoms with E-state index in [9.17, 15) is 9.59 Å². The van der Waals surface area contributed by atoms with E-state index in [1.54, 1.807) is 6.08 Å². The predicted molar refractivity (Wildman–Crippen MR) is 108 cm³/mol. The molecule has 0 radical (unpaired) electrons. The van der Waals surface area contributed by atoms with Crippen LogP contribution in [0, 0.1) is 0 Å². The first-order valence-corrected chi connectivity index (χ1v) is 9.90. The number of nitrogens with zero attached hydrogens (tertiary/aromatic N) is 1. The molecule has 0 spiro atoms. The molecule has 2 heterocycles. The minimum absolute atomic E-state index is 0.0151. The standard InChI is InChI=1S/C23H24N2O4/c26-21(24-29-22-8-4-5-13-28-22)12-10-17-9-11-19-16-25(23(27)20(19)14-17)15-18-6-2-1-3-7-18/h1-3,6-7,9-12,14,22H,4-5,8,13,15-16H2,(H,24,26)/b12-10+. The normalized spacial score (nSPS) is 18.8. The van der Waals surface area contributed by atoms with Crippen molar-refractivity contribution in [3.05, 3.63) is 76.9 Å². The van der Waals surface area contributed by atoms with Gasteiger partial charge in [-0.15, -0.1) is 0 Å². The summed E-state index contributed by atoms with van der Waals surface area (Å²) in [4.78, 5) is 31.8. The lowest BCUT2D eigenvalue weighted by molar-refractivity contribution is -0.198. The second-order valence-electron chi connectivity index (χ2n) is 7.28. The number of nitrogens with one attached hydrogen (secondary N) is 1. The van der Waals surface area contributed by atoms with Gasteiger partial charge in [-0.2, -0.15) is 0 Å². The second-order valence-corrected chi connectivity index (χ2v) is 7.28. The molecule has 2 amide bonds. The van der Waals surface area contributed by atoms with Crippen molar-refractivity contribution in [2.75, 3.05) is 6.61 Å². The Labute approximate surface area is 170 Å². The van der Waals surface area contributed by atoms with E-state index >= 15 is 0 Å². The van der Waals surface area contributed by atoms with Gasteiger partial charge in [-0.3, -0.25) is 9.59 Å². The molecule has 1 fully saturated rings. The van der Waals surface area contributed by atoms with Crippen molar-refractivity contribution in [3.63, 3.8) is 0 Å². The molecule has 1 unspecified atom stereocenters. The summed E-state index contributed by atoms with van der Waals surface area (Å²) in [7, 11) is 0. The molecule has 1 N–H and O–H groups in total. The van der Waals surface area contributed by atoms with Crippen LogP contribution in [0.25, 0.3) is 6.08 Å². The highest BCUT2D eigenvalue weighted by Crippen LogP contribution is 2.26. The first-order chi connectivity index (χ1) is 14.2. The number of hydrogen-bond donors (Lipinski definition) is 1. The first-order valence-electron chi connectivity index (χ1n) is 9.90. The van der Waals surface area contributed by atoms with Crippen molar-refractivity contribution in [2.45, 2.75) is 38.6 Å². The maximum atomic E-state index is 12.8. The summed E-state index contributed by atoms with van der Waals surface area (Å²) in [5, 5.41) is 0. The average Bonchev–Trinajstić information content (AvgIpc) is 3.07. The van der Waals surface area contributed by atoms with Gasteiger partial charge in [0.25, 0.3) is 11.8 Å². The van der Waals surface area contributed by atoms with Crippen molar-refractivity contribution in [1.82, 2.24) is 10.4 Å². The number of ether oxygens (including phenoxy) is 1. The third-order valence-corrected chi connectivity index (χ3v) is 5.09. The molecule has 0 saturated carbocycles. The van der Waals surface area contributed by atoms with Crippen LogP contribution in [0.4, 0.5) is 0 Å². The van der Waals surface area contributed by atoms with E-state index in [0.717, 1.165) is 36.0 Å². The Hall–Kier alpha value is -2.96. The summed E-state index contributed by atoms with van der Waals surface area (Å²) in [5.74, 6) is -0.349. The van der Waals surface area contributed by atoms with Gasteiger partial charge >= 0.3 is 0 Å². The quantitative estimate of drug-likeness (QED) is 0.604. The van der Waals surface area contributed by atoms with Crippen LogP contribution in [0.5, 0.6) is 0 Å². The van der Waals surface area contributed by atoms with Crippen molar-refractivity contribution >= 4 is 17.9 Å². The number of rotatable bonds is 6. The van der Waals surface area contributed by atoms with Crippen LogP contribution >= 0.6 is 0 Å². The van der Waals surface area contributed by atoms with Gasteiger partial charge in [-0.05, 0) is 41.7 Å². The van der Waals surface area contributed by atoms with Gasteiger partial charge in [-0.25, -0.2) is 10.3 Å². The third kappa shape index (κ3) is 4.91. The van der Waals surface area contributed by atoms with E-state index in [1.165, 1.54) is 6.08 Å². The maximum absolute atomic E-state index is 12.8. The average molecular weight is 392 g/mol. The number of hydroxylamine groups is 1. The molecule has 2 aromatic carbocycles. The molecule has 0 bridgehead atoms. The number of carbonyl (C=O) groups is 2. The highest BCUT2D eigenvalue weighted by Gasteiger charge is 2.27. The van der Waals surface area contributed by atoms with E-state index in [1.807, 2.05) is 53.4 Å². The molecule has 0 aromatic heterocycles. The largest absolute Gasteiger partial charge is 0.350 e. The van der Waals surface area contributed by atoms with Gasteiger partial charge in [-0.1, -0.05) is 42.5 Å². The van der Waals surface area contributed by atoms with E-state index in [-0.39, 0.29) is 18.1 Å². The Balaban J connectivity index is 1.34. The minimum atomic E-state index is -0.380. The summed E-state index contributed by atoms with van der Waals surface area (Å²) in [6, 6.07) is 15.6. The summed E-state index contributed by atoms with van der Waals surface area (Å²) in [6.45, 7) is 1.84. The molecule has 6 heteroatoms. The van der Waals surface area contributed by atoms with E-state index in [0.29, 0.717) is 25.3 Å². The fourth-order valence-corrected chi connectivity index (χ4v) is 3.55. The lowest BCUT2D eigenvalue weighted by Gasteiger charge is -2.21. The molecular weight excluding hydrogens is 368 g/mol. The molecule has 2 aliphatic heterocycles. The van der Waals surface area contributed by atoms with Gasteiger partial charge in [0.2, 0.25) is 0 Å². The molecule has 1 atom stereocenters. The Morgan fingerprint density at radius 1 is 1.21 bits per heavy atom. The number of fused-ring (bicyclic) bond motifs is 1. The Morgan fingerprint density at radius 3 is 2.86 bits per heavy atom. The molecule has 1 saturated heterocycles. The Bertz CT molecular complexity index is 904. The lowest BCUT2D eigenvalue weighted by Crippen LogP contribution is -2.32. The lowest BCUT2D eigenvalue weighted by atomic mass is 10.1. The number of amides is 2. The van der Waals surface area contributed by atoms with Crippen LogP contribution in [-0.2, 0) is 27.5 Å². The molecule has 6 nitrogen and oxygen atoms in total. The van der Waals surface area contributed by atoms with Crippen molar-refractivity contribution in [3.8, 4) is 0 Å². The highest BCUT2D eigenvalue weighted by molar-refractivity contribution is 5.99. The van der Waals surface area contributed by atoms with E-state index in [4.69, 9.17) is 9.57 Å². The van der Waals surface area contributed by atoms with E-state index < -0.39 is 0 Å². The minimum Gasteiger partial charge on any atom is -0.350 e. The van der Waals surface area contributed by atoms with Crippen LogP contribution in [-0.4, -0.2) is 29.6 Å². The van der Waals surface area contributed by atoms with Crippen LogP contribution < -0.4 is 5.48 Å².